The van der Waals surface area contributed by atoms with Crippen LogP contribution in [0.4, 0.5) is 24.5 Å². The van der Waals surface area contributed by atoms with Crippen molar-refractivity contribution in [3.8, 4) is 6.07 Å². The summed E-state index contributed by atoms with van der Waals surface area (Å²) in [6.07, 6.45) is -4.71. The van der Waals surface area contributed by atoms with E-state index in [2.05, 4.69) is 10.4 Å². The standard InChI is InChI=1S/C12H11F3N6O/c1-6(22)19-7-2-3-9(8(4-7)12(13,14)15)20-21-10(5-16)11(17)18/h2-4,20H,1H3,(H3,17,18)(H,19,22)/b21-10+. The summed E-state index contributed by atoms with van der Waals surface area (Å²) in [5.74, 6) is -1.20. The van der Waals surface area contributed by atoms with Crippen molar-refractivity contribution in [2.45, 2.75) is 13.1 Å². The summed E-state index contributed by atoms with van der Waals surface area (Å²) < 4.78 is 39.0. The zero-order valence-electron chi connectivity index (χ0n) is 11.2. The number of halogens is 3. The van der Waals surface area contributed by atoms with Crippen molar-refractivity contribution < 1.29 is 18.0 Å². The number of amidine groups is 1. The van der Waals surface area contributed by atoms with Crippen molar-refractivity contribution in [2.75, 3.05) is 10.7 Å². The zero-order chi connectivity index (χ0) is 16.9. The molecule has 0 unspecified atom stereocenters. The Morgan fingerprint density at radius 3 is 2.55 bits per heavy atom. The summed E-state index contributed by atoms with van der Waals surface area (Å²) in [7, 11) is 0. The van der Waals surface area contributed by atoms with Crippen molar-refractivity contribution in [1.82, 2.24) is 0 Å². The number of benzene rings is 1. The third-order valence-electron chi connectivity index (χ3n) is 2.29. The lowest BCUT2D eigenvalue weighted by atomic mass is 10.1. The predicted molar refractivity (Wildman–Crippen MR) is 74.3 cm³/mol. The smallest absolute Gasteiger partial charge is 0.382 e. The molecule has 0 aromatic heterocycles. The second-order valence-electron chi connectivity index (χ2n) is 4.04. The van der Waals surface area contributed by atoms with Crippen molar-refractivity contribution in [3.63, 3.8) is 0 Å². The molecule has 0 atom stereocenters. The van der Waals surface area contributed by atoms with E-state index in [9.17, 15) is 18.0 Å². The van der Waals surface area contributed by atoms with Crippen molar-refractivity contribution in [1.29, 1.82) is 10.7 Å². The Kier molecular flexibility index (Phi) is 5.07. The first kappa shape index (κ1) is 17.0. The molecule has 0 aliphatic carbocycles. The highest BCUT2D eigenvalue weighted by atomic mass is 19.4. The van der Waals surface area contributed by atoms with Gasteiger partial charge in [-0.2, -0.15) is 23.5 Å². The van der Waals surface area contributed by atoms with E-state index in [1.807, 2.05) is 5.43 Å². The molecule has 0 spiro atoms. The minimum Gasteiger partial charge on any atom is -0.382 e. The number of carbonyl (C=O) groups is 1. The Labute approximate surface area is 123 Å². The van der Waals surface area contributed by atoms with Gasteiger partial charge in [0, 0.05) is 12.6 Å². The van der Waals surface area contributed by atoms with Crippen LogP contribution >= 0.6 is 0 Å². The summed E-state index contributed by atoms with van der Waals surface area (Å²) in [5.41, 5.74) is 4.94. The van der Waals surface area contributed by atoms with Gasteiger partial charge in [-0.1, -0.05) is 0 Å². The molecule has 0 aliphatic rings. The van der Waals surface area contributed by atoms with Gasteiger partial charge in [0.15, 0.2) is 5.84 Å². The lowest BCUT2D eigenvalue weighted by Gasteiger charge is -2.14. The van der Waals surface area contributed by atoms with Gasteiger partial charge < -0.3 is 11.1 Å². The van der Waals surface area contributed by atoms with Crippen LogP contribution in [0.3, 0.4) is 0 Å². The second-order valence-corrected chi connectivity index (χ2v) is 4.04. The number of hydrazone groups is 1. The highest BCUT2D eigenvalue weighted by Gasteiger charge is 2.34. The molecule has 0 heterocycles. The summed E-state index contributed by atoms with van der Waals surface area (Å²) >= 11 is 0. The second kappa shape index (κ2) is 6.57. The SMILES string of the molecule is CC(=O)Nc1ccc(N/N=C(\C#N)C(=N)N)c(C(F)(F)F)c1. The lowest BCUT2D eigenvalue weighted by Crippen LogP contribution is -2.22. The molecule has 0 bridgehead atoms. The third kappa shape index (κ3) is 4.48. The molecule has 5 N–H and O–H groups in total. The molecular weight excluding hydrogens is 301 g/mol. The average molecular weight is 312 g/mol. The number of hydrogen-bond donors (Lipinski definition) is 4. The fourth-order valence-corrected chi connectivity index (χ4v) is 1.42. The minimum absolute atomic E-state index is 0.0403. The van der Waals surface area contributed by atoms with Crippen LogP contribution in [0.2, 0.25) is 0 Å². The molecule has 1 amide bonds. The topological polar surface area (TPSA) is 127 Å². The van der Waals surface area contributed by atoms with Crippen molar-refractivity contribution >= 4 is 28.8 Å². The summed E-state index contributed by atoms with van der Waals surface area (Å²) in [6.45, 7) is 1.16. The summed E-state index contributed by atoms with van der Waals surface area (Å²) in [6, 6.07) is 4.45. The van der Waals surface area contributed by atoms with E-state index in [4.69, 9.17) is 16.4 Å². The van der Waals surface area contributed by atoms with E-state index in [1.165, 1.54) is 12.1 Å². The maximum atomic E-state index is 13.0. The summed E-state index contributed by atoms with van der Waals surface area (Å²) in [4.78, 5) is 10.9. The van der Waals surface area contributed by atoms with Crippen LogP contribution in [0.1, 0.15) is 12.5 Å². The first-order valence-electron chi connectivity index (χ1n) is 5.72. The average Bonchev–Trinajstić information content (AvgIpc) is 2.38. The van der Waals surface area contributed by atoms with Gasteiger partial charge in [-0.05, 0) is 18.2 Å². The van der Waals surface area contributed by atoms with Crippen molar-refractivity contribution in [3.05, 3.63) is 23.8 Å². The molecule has 1 rings (SSSR count). The molecule has 0 saturated carbocycles. The van der Waals surface area contributed by atoms with Gasteiger partial charge in [0.1, 0.15) is 6.07 Å². The Bertz CT molecular complexity index is 674. The largest absolute Gasteiger partial charge is 0.418 e. The number of rotatable bonds is 4. The van der Waals surface area contributed by atoms with Gasteiger partial charge >= 0.3 is 6.18 Å². The molecule has 7 nitrogen and oxygen atoms in total. The van der Waals surface area contributed by atoms with Gasteiger partial charge in [0.05, 0.1) is 11.3 Å². The molecule has 10 heteroatoms. The Morgan fingerprint density at radius 1 is 1.45 bits per heavy atom. The molecule has 1 aromatic carbocycles. The number of carbonyl (C=O) groups excluding carboxylic acids is 1. The molecule has 0 radical (unpaired) electrons. The molecule has 116 valence electrons. The quantitative estimate of drug-likeness (QED) is 0.384. The maximum Gasteiger partial charge on any atom is 0.418 e. The summed E-state index contributed by atoms with van der Waals surface area (Å²) in [5, 5.41) is 21.2. The maximum absolute atomic E-state index is 13.0. The number of amides is 1. The first-order valence-corrected chi connectivity index (χ1v) is 5.72. The lowest BCUT2D eigenvalue weighted by molar-refractivity contribution is -0.137. The Morgan fingerprint density at radius 2 is 2.09 bits per heavy atom. The number of hydrogen-bond acceptors (Lipinski definition) is 5. The Balaban J connectivity index is 3.22. The highest BCUT2D eigenvalue weighted by molar-refractivity contribution is 6.45. The normalized spacial score (nSPS) is 11.5. The molecule has 22 heavy (non-hydrogen) atoms. The van der Waals surface area contributed by atoms with E-state index in [1.54, 1.807) is 0 Å². The molecule has 0 aliphatic heterocycles. The fourth-order valence-electron chi connectivity index (χ4n) is 1.42. The first-order chi connectivity index (χ1) is 10.1. The van der Waals surface area contributed by atoms with Gasteiger partial charge in [-0.15, -0.1) is 0 Å². The van der Waals surface area contributed by atoms with Gasteiger partial charge in [-0.3, -0.25) is 15.6 Å². The number of nitriles is 1. The number of nitrogens with one attached hydrogen (secondary N) is 3. The van der Waals surface area contributed by atoms with E-state index in [0.29, 0.717) is 0 Å². The fraction of sp³-hybridized carbons (Fsp3) is 0.167. The monoisotopic (exact) mass is 312 g/mol. The zero-order valence-corrected chi connectivity index (χ0v) is 11.2. The highest BCUT2D eigenvalue weighted by Crippen LogP contribution is 2.36. The third-order valence-corrected chi connectivity index (χ3v) is 2.29. The minimum atomic E-state index is -4.71. The molecular formula is C12H11F3N6O. The van der Waals surface area contributed by atoms with Crippen LogP contribution in [-0.4, -0.2) is 17.5 Å². The van der Waals surface area contributed by atoms with E-state index < -0.39 is 34.9 Å². The number of nitrogens with two attached hydrogens (primary N) is 1. The number of alkyl halides is 3. The van der Waals surface area contributed by atoms with Gasteiger partial charge in [0.2, 0.25) is 11.6 Å². The predicted octanol–water partition coefficient (Wildman–Crippen LogP) is 1.89. The van der Waals surface area contributed by atoms with Crippen molar-refractivity contribution in [2.24, 2.45) is 10.8 Å². The van der Waals surface area contributed by atoms with Gasteiger partial charge in [0.25, 0.3) is 0 Å². The van der Waals surface area contributed by atoms with Crippen LogP contribution in [0.25, 0.3) is 0 Å². The van der Waals surface area contributed by atoms with Crippen LogP contribution in [-0.2, 0) is 11.0 Å². The molecule has 0 saturated heterocycles. The van der Waals surface area contributed by atoms with E-state index in [0.717, 1.165) is 19.1 Å². The van der Waals surface area contributed by atoms with Crippen LogP contribution in [0, 0.1) is 16.7 Å². The molecule has 0 fully saturated rings. The van der Waals surface area contributed by atoms with E-state index >= 15 is 0 Å². The van der Waals surface area contributed by atoms with Crippen LogP contribution in [0.15, 0.2) is 23.3 Å². The van der Waals surface area contributed by atoms with Gasteiger partial charge in [-0.25, -0.2) is 0 Å². The number of anilines is 2. The van der Waals surface area contributed by atoms with E-state index in [-0.39, 0.29) is 5.69 Å². The number of nitrogens with zero attached hydrogens (tertiary/aromatic N) is 2. The molecule has 1 aromatic rings. The van der Waals surface area contributed by atoms with Crippen LogP contribution in [0.5, 0.6) is 0 Å². The Hall–Kier alpha value is -3.09. The van der Waals surface area contributed by atoms with Crippen LogP contribution < -0.4 is 16.5 Å².